The molecule has 0 saturated heterocycles. The van der Waals surface area contributed by atoms with Gasteiger partial charge in [0.25, 0.3) is 0 Å². The number of ether oxygens (including phenoxy) is 1. The van der Waals surface area contributed by atoms with E-state index in [-0.39, 0.29) is 11.4 Å². The highest BCUT2D eigenvalue weighted by Crippen LogP contribution is 2.55. The third-order valence-corrected chi connectivity index (χ3v) is 5.00. The van der Waals surface area contributed by atoms with E-state index in [1.165, 1.54) is 39.2 Å². The fourth-order valence-electron chi connectivity index (χ4n) is 3.61. The van der Waals surface area contributed by atoms with Crippen LogP contribution < -0.4 is 0 Å². The molecule has 3 aliphatic carbocycles. The first-order valence-corrected chi connectivity index (χ1v) is 6.25. The van der Waals surface area contributed by atoms with Gasteiger partial charge < -0.3 is 4.74 Å². The maximum absolute atomic E-state index is 11.9. The average molecular weight is 210 g/mol. The van der Waals surface area contributed by atoms with Crippen molar-refractivity contribution in [2.45, 2.75) is 58.3 Å². The number of fused-ring (bicyclic) bond motifs is 4. The summed E-state index contributed by atoms with van der Waals surface area (Å²) >= 11 is 0. The summed E-state index contributed by atoms with van der Waals surface area (Å²) in [6, 6.07) is 0. The molecule has 15 heavy (non-hydrogen) atoms. The number of esters is 1. The summed E-state index contributed by atoms with van der Waals surface area (Å²) < 4.78 is 4.99. The van der Waals surface area contributed by atoms with Crippen molar-refractivity contribution in [3.05, 3.63) is 0 Å². The molecule has 0 unspecified atom stereocenters. The van der Waals surface area contributed by atoms with Gasteiger partial charge >= 0.3 is 5.97 Å². The van der Waals surface area contributed by atoms with Gasteiger partial charge in [0.1, 0.15) is 0 Å². The Labute approximate surface area is 92.4 Å². The van der Waals surface area contributed by atoms with Crippen LogP contribution in [0.1, 0.15) is 58.3 Å². The van der Waals surface area contributed by atoms with Gasteiger partial charge in [0.15, 0.2) is 0 Å². The molecule has 0 N–H and O–H groups in total. The number of rotatable bonds is 2. The van der Waals surface area contributed by atoms with E-state index in [4.69, 9.17) is 4.74 Å². The first-order chi connectivity index (χ1) is 7.16. The number of methoxy groups -OCH3 is 1. The number of carbonyl (C=O) groups excluding carboxylic acids is 1. The van der Waals surface area contributed by atoms with Crippen LogP contribution in [0.5, 0.6) is 0 Å². The first kappa shape index (κ1) is 11.0. The Morgan fingerprint density at radius 1 is 1.13 bits per heavy atom. The van der Waals surface area contributed by atoms with Gasteiger partial charge in [-0.15, -0.1) is 0 Å². The van der Waals surface area contributed by atoms with E-state index < -0.39 is 0 Å². The molecule has 2 heteroatoms. The largest absolute Gasteiger partial charge is 0.469 e. The second-order valence-electron chi connectivity index (χ2n) is 5.48. The zero-order valence-electron chi connectivity index (χ0n) is 9.97. The van der Waals surface area contributed by atoms with Crippen LogP contribution in [-0.2, 0) is 9.53 Å². The van der Waals surface area contributed by atoms with Gasteiger partial charge in [-0.1, -0.05) is 19.8 Å². The molecule has 3 aliphatic rings. The summed E-state index contributed by atoms with van der Waals surface area (Å²) in [7, 11) is 1.53. The Hall–Kier alpha value is -0.530. The zero-order valence-corrected chi connectivity index (χ0v) is 9.97. The topological polar surface area (TPSA) is 26.3 Å². The third-order valence-electron chi connectivity index (χ3n) is 5.00. The molecule has 0 amide bonds. The quantitative estimate of drug-likeness (QED) is 0.654. The zero-order chi connectivity index (χ0) is 10.9. The maximum atomic E-state index is 11.9. The van der Waals surface area contributed by atoms with Gasteiger partial charge in [0.05, 0.1) is 12.5 Å². The molecule has 3 rings (SSSR count). The second-order valence-corrected chi connectivity index (χ2v) is 5.48. The Kier molecular flexibility index (Phi) is 2.78. The smallest absolute Gasteiger partial charge is 0.311 e. The van der Waals surface area contributed by atoms with Crippen molar-refractivity contribution in [2.24, 2.45) is 10.8 Å². The Morgan fingerprint density at radius 3 is 2.33 bits per heavy atom. The van der Waals surface area contributed by atoms with Gasteiger partial charge in [-0.2, -0.15) is 0 Å². The molecule has 0 spiro atoms. The summed E-state index contributed by atoms with van der Waals surface area (Å²) in [5.74, 6) is 0.0501. The number of hydrogen-bond acceptors (Lipinski definition) is 2. The Bertz CT molecular complexity index is 249. The summed E-state index contributed by atoms with van der Waals surface area (Å²) in [5.41, 5.74) is 0.456. The fraction of sp³-hybridized carbons (Fsp3) is 0.923. The maximum Gasteiger partial charge on any atom is 0.311 e. The average Bonchev–Trinajstić information content (AvgIpc) is 2.59. The first-order valence-electron chi connectivity index (χ1n) is 6.25. The molecule has 2 bridgehead atoms. The van der Waals surface area contributed by atoms with Crippen LogP contribution in [0.2, 0.25) is 0 Å². The summed E-state index contributed by atoms with van der Waals surface area (Å²) in [5, 5.41) is 0. The van der Waals surface area contributed by atoms with Gasteiger partial charge in [0.2, 0.25) is 0 Å². The highest BCUT2D eigenvalue weighted by atomic mass is 16.5. The predicted octanol–water partition coefficient (Wildman–Crippen LogP) is 3.30. The van der Waals surface area contributed by atoms with Gasteiger partial charge in [-0.05, 0) is 43.9 Å². The van der Waals surface area contributed by atoms with E-state index in [0.29, 0.717) is 5.41 Å². The molecule has 3 fully saturated rings. The van der Waals surface area contributed by atoms with E-state index in [1.807, 2.05) is 0 Å². The fourth-order valence-corrected chi connectivity index (χ4v) is 3.61. The molecule has 2 nitrogen and oxygen atoms in total. The molecule has 86 valence electrons. The highest BCUT2D eigenvalue weighted by Gasteiger charge is 2.49. The van der Waals surface area contributed by atoms with E-state index >= 15 is 0 Å². The molecule has 0 atom stereocenters. The van der Waals surface area contributed by atoms with E-state index in [0.717, 1.165) is 19.3 Å². The third kappa shape index (κ3) is 1.68. The molecule has 0 aromatic carbocycles. The van der Waals surface area contributed by atoms with Gasteiger partial charge in [-0.3, -0.25) is 4.79 Å². The minimum absolute atomic E-state index is 0.0501. The van der Waals surface area contributed by atoms with E-state index in [2.05, 4.69) is 6.92 Å². The van der Waals surface area contributed by atoms with Crippen molar-refractivity contribution in [2.75, 3.05) is 7.11 Å². The molecule has 3 saturated carbocycles. The number of hydrogen-bond donors (Lipinski definition) is 0. The van der Waals surface area contributed by atoms with Crippen molar-refractivity contribution in [1.29, 1.82) is 0 Å². The molecule has 0 aliphatic heterocycles. The molecule has 0 radical (unpaired) electrons. The van der Waals surface area contributed by atoms with E-state index in [1.54, 1.807) is 0 Å². The Morgan fingerprint density at radius 2 is 1.80 bits per heavy atom. The van der Waals surface area contributed by atoms with Crippen molar-refractivity contribution in [3.8, 4) is 0 Å². The summed E-state index contributed by atoms with van der Waals surface area (Å²) in [4.78, 5) is 11.9. The SMILES string of the molecule is CCC12CCCC(C(=O)OC)(CC1)CC2. The summed E-state index contributed by atoms with van der Waals surface area (Å²) in [6.45, 7) is 2.30. The van der Waals surface area contributed by atoms with Crippen LogP contribution in [0.3, 0.4) is 0 Å². The molecule has 0 aromatic rings. The summed E-state index contributed by atoms with van der Waals surface area (Å²) in [6.07, 6.45) is 9.47. The minimum atomic E-state index is -0.107. The van der Waals surface area contributed by atoms with Crippen LogP contribution in [-0.4, -0.2) is 13.1 Å². The van der Waals surface area contributed by atoms with Crippen molar-refractivity contribution in [1.82, 2.24) is 0 Å². The van der Waals surface area contributed by atoms with Crippen LogP contribution >= 0.6 is 0 Å². The van der Waals surface area contributed by atoms with Crippen molar-refractivity contribution < 1.29 is 9.53 Å². The van der Waals surface area contributed by atoms with Gasteiger partial charge in [-0.25, -0.2) is 0 Å². The standard InChI is InChI=1S/C13H22O2/c1-3-12-5-4-6-13(9-7-12,10-8-12)11(14)15-2/h3-10H2,1-2H3. The molecule has 0 aromatic heterocycles. The number of carbonyl (C=O) groups is 1. The monoisotopic (exact) mass is 210 g/mol. The Balaban J connectivity index is 2.18. The van der Waals surface area contributed by atoms with Crippen LogP contribution in [0.25, 0.3) is 0 Å². The van der Waals surface area contributed by atoms with Crippen molar-refractivity contribution >= 4 is 5.97 Å². The van der Waals surface area contributed by atoms with Gasteiger partial charge in [0, 0.05) is 0 Å². The van der Waals surface area contributed by atoms with Crippen LogP contribution in [0, 0.1) is 10.8 Å². The van der Waals surface area contributed by atoms with Crippen LogP contribution in [0.4, 0.5) is 0 Å². The predicted molar refractivity (Wildman–Crippen MR) is 59.5 cm³/mol. The lowest BCUT2D eigenvalue weighted by atomic mass is 9.64. The normalized spacial score (nSPS) is 39.9. The molecular formula is C13H22O2. The molecular weight excluding hydrogens is 188 g/mol. The van der Waals surface area contributed by atoms with Crippen molar-refractivity contribution in [3.63, 3.8) is 0 Å². The van der Waals surface area contributed by atoms with Crippen LogP contribution in [0.15, 0.2) is 0 Å². The molecule has 0 heterocycles. The lowest BCUT2D eigenvalue weighted by Crippen LogP contribution is -2.37. The minimum Gasteiger partial charge on any atom is -0.469 e. The lowest BCUT2D eigenvalue weighted by molar-refractivity contribution is -0.156. The highest BCUT2D eigenvalue weighted by molar-refractivity contribution is 5.77. The second kappa shape index (κ2) is 3.80. The lowest BCUT2D eigenvalue weighted by Gasteiger charge is -2.40. The van der Waals surface area contributed by atoms with E-state index in [9.17, 15) is 4.79 Å².